The highest BCUT2D eigenvalue weighted by Gasteiger charge is 2.42. The number of alkyl halides is 5. The van der Waals surface area contributed by atoms with Gasteiger partial charge in [-0.1, -0.05) is 71.5 Å². The summed E-state index contributed by atoms with van der Waals surface area (Å²) >= 11 is 11.0. The van der Waals surface area contributed by atoms with Crippen molar-refractivity contribution in [3.63, 3.8) is 0 Å². The number of rotatable bonds is 7. The highest BCUT2D eigenvalue weighted by Crippen LogP contribution is 2.43. The topological polar surface area (TPSA) is 9.23 Å². The van der Waals surface area contributed by atoms with Gasteiger partial charge in [-0.2, -0.15) is 22.0 Å². The molecule has 11 heteroatoms. The standard InChI is InChI=1S/C32H18Cl2F8O/c1-2-3-4-18-5-8-20(9-6-18)22-12-11-21(26(35)15-22)10-7-19-13-27(36)30(28(37)14-19)32(41,42)43-23-16-24(33)29(25(34)17-23)31(38,39)40/h2,5-6,8-9,11-17H,1,3-4H2. The lowest BCUT2D eigenvalue weighted by Crippen LogP contribution is -2.25. The van der Waals surface area contributed by atoms with E-state index in [1.54, 1.807) is 6.07 Å². The lowest BCUT2D eigenvalue weighted by atomic mass is 10.0. The molecule has 0 heterocycles. The van der Waals surface area contributed by atoms with Gasteiger partial charge in [-0.15, -0.1) is 6.58 Å². The lowest BCUT2D eigenvalue weighted by molar-refractivity contribution is -0.189. The summed E-state index contributed by atoms with van der Waals surface area (Å²) < 4.78 is 117. The molecule has 0 aliphatic heterocycles. The van der Waals surface area contributed by atoms with Crippen LogP contribution in [0.2, 0.25) is 10.0 Å². The number of hydrogen-bond donors (Lipinski definition) is 0. The molecular formula is C32H18Cl2F8O. The van der Waals surface area contributed by atoms with Crippen LogP contribution in [-0.2, 0) is 18.7 Å². The molecule has 0 N–H and O–H groups in total. The molecule has 0 atom stereocenters. The Kier molecular flexibility index (Phi) is 9.43. The maximum atomic E-state index is 14.8. The van der Waals surface area contributed by atoms with Crippen LogP contribution < -0.4 is 4.74 Å². The van der Waals surface area contributed by atoms with Crippen LogP contribution in [0.25, 0.3) is 11.1 Å². The van der Waals surface area contributed by atoms with Gasteiger partial charge in [0.25, 0.3) is 0 Å². The predicted octanol–water partition coefficient (Wildman–Crippen LogP) is 10.7. The number of ether oxygens (including phenoxy) is 1. The minimum absolute atomic E-state index is 0.110. The molecule has 4 aromatic rings. The number of aryl methyl sites for hydroxylation is 1. The Labute approximate surface area is 251 Å². The van der Waals surface area contributed by atoms with E-state index in [0.717, 1.165) is 24.0 Å². The first kappa shape index (κ1) is 31.9. The molecule has 0 aliphatic rings. The van der Waals surface area contributed by atoms with Gasteiger partial charge in [-0.3, -0.25) is 0 Å². The molecular weight excluding hydrogens is 623 g/mol. The first-order valence-corrected chi connectivity index (χ1v) is 13.1. The van der Waals surface area contributed by atoms with E-state index in [0.29, 0.717) is 29.8 Å². The SMILES string of the molecule is C=CCCc1ccc(-c2ccc(C#Cc3cc(F)c(C(F)(F)Oc4cc(Cl)c(C(F)(F)F)c(Cl)c4)c(F)c3)c(F)c2)cc1. The highest BCUT2D eigenvalue weighted by molar-refractivity contribution is 6.36. The summed E-state index contributed by atoms with van der Waals surface area (Å²) in [4.78, 5) is 0. The maximum absolute atomic E-state index is 14.8. The van der Waals surface area contributed by atoms with Crippen LogP contribution in [0.5, 0.6) is 5.75 Å². The second kappa shape index (κ2) is 12.7. The van der Waals surface area contributed by atoms with Gasteiger partial charge in [0, 0.05) is 5.56 Å². The van der Waals surface area contributed by atoms with Crippen LogP contribution in [0, 0.1) is 29.3 Å². The lowest BCUT2D eigenvalue weighted by Gasteiger charge is -2.21. The van der Waals surface area contributed by atoms with E-state index in [4.69, 9.17) is 23.2 Å². The Hall–Kier alpha value is -4.00. The van der Waals surface area contributed by atoms with Gasteiger partial charge < -0.3 is 4.74 Å². The van der Waals surface area contributed by atoms with Crippen LogP contribution in [0.15, 0.2) is 79.4 Å². The number of allylic oxidation sites excluding steroid dienone is 1. The molecule has 222 valence electrons. The van der Waals surface area contributed by atoms with E-state index in [2.05, 4.69) is 23.2 Å². The van der Waals surface area contributed by atoms with Gasteiger partial charge in [-0.25, -0.2) is 13.2 Å². The van der Waals surface area contributed by atoms with Crippen LogP contribution in [-0.4, -0.2) is 0 Å². The van der Waals surface area contributed by atoms with Crippen molar-refractivity contribution in [3.05, 3.63) is 135 Å². The third kappa shape index (κ3) is 7.51. The zero-order valence-corrected chi connectivity index (χ0v) is 23.2. The smallest absolute Gasteiger partial charge is 0.429 e. The van der Waals surface area contributed by atoms with E-state index >= 15 is 0 Å². The Morgan fingerprint density at radius 1 is 0.721 bits per heavy atom. The first-order chi connectivity index (χ1) is 20.2. The number of benzene rings is 4. The quantitative estimate of drug-likeness (QED) is 0.111. The van der Waals surface area contributed by atoms with Crippen molar-refractivity contribution in [2.45, 2.75) is 25.1 Å². The van der Waals surface area contributed by atoms with Gasteiger partial charge in [-0.05, 0) is 65.9 Å². The third-order valence-corrected chi connectivity index (χ3v) is 6.71. The summed E-state index contributed by atoms with van der Waals surface area (Å²) in [6.07, 6.45) is -6.24. The monoisotopic (exact) mass is 640 g/mol. The highest BCUT2D eigenvalue weighted by atomic mass is 35.5. The van der Waals surface area contributed by atoms with E-state index in [1.807, 2.05) is 30.3 Å². The minimum atomic E-state index is -4.99. The molecule has 0 fully saturated rings. The summed E-state index contributed by atoms with van der Waals surface area (Å²) in [6.45, 7) is 3.68. The molecule has 0 unspecified atom stereocenters. The zero-order chi connectivity index (χ0) is 31.5. The van der Waals surface area contributed by atoms with E-state index in [-0.39, 0.29) is 5.56 Å². The zero-order valence-electron chi connectivity index (χ0n) is 21.7. The van der Waals surface area contributed by atoms with Crippen molar-refractivity contribution in [1.29, 1.82) is 0 Å². The second-order valence-corrected chi connectivity index (χ2v) is 9.98. The molecule has 1 nitrogen and oxygen atoms in total. The fourth-order valence-electron chi connectivity index (χ4n) is 4.07. The van der Waals surface area contributed by atoms with Gasteiger partial charge >= 0.3 is 12.3 Å². The molecule has 0 saturated carbocycles. The molecule has 0 radical (unpaired) electrons. The van der Waals surface area contributed by atoms with Crippen molar-refractivity contribution >= 4 is 23.2 Å². The van der Waals surface area contributed by atoms with Gasteiger partial charge in [0.15, 0.2) is 0 Å². The van der Waals surface area contributed by atoms with Crippen molar-refractivity contribution in [2.75, 3.05) is 0 Å². The van der Waals surface area contributed by atoms with E-state index in [9.17, 15) is 35.1 Å². The second-order valence-electron chi connectivity index (χ2n) is 9.16. The van der Waals surface area contributed by atoms with Crippen molar-refractivity contribution in [3.8, 4) is 28.7 Å². The first-order valence-electron chi connectivity index (χ1n) is 12.3. The Bertz CT molecular complexity index is 1690. The summed E-state index contributed by atoms with van der Waals surface area (Å²) in [5, 5.41) is -2.12. The molecule has 0 saturated heterocycles. The fourth-order valence-corrected chi connectivity index (χ4v) is 4.75. The average Bonchev–Trinajstić information content (AvgIpc) is 2.89. The van der Waals surface area contributed by atoms with Crippen molar-refractivity contribution in [1.82, 2.24) is 0 Å². The fraction of sp³-hybridized carbons (Fsp3) is 0.125. The molecule has 0 aliphatic carbocycles. The average molecular weight is 641 g/mol. The molecule has 4 rings (SSSR count). The largest absolute Gasteiger partial charge is 0.432 e. The molecule has 43 heavy (non-hydrogen) atoms. The van der Waals surface area contributed by atoms with Crippen LogP contribution in [0.3, 0.4) is 0 Å². The van der Waals surface area contributed by atoms with Gasteiger partial charge in [0.05, 0.1) is 21.2 Å². The summed E-state index contributed by atoms with van der Waals surface area (Å²) in [6, 6.07) is 13.5. The van der Waals surface area contributed by atoms with Gasteiger partial charge in [0.2, 0.25) is 0 Å². The number of hydrogen-bond acceptors (Lipinski definition) is 1. The van der Waals surface area contributed by atoms with Crippen LogP contribution >= 0.6 is 23.2 Å². The number of halogens is 10. The maximum Gasteiger partial charge on any atom is 0.432 e. The third-order valence-electron chi connectivity index (χ3n) is 6.11. The van der Waals surface area contributed by atoms with Crippen molar-refractivity contribution < 1.29 is 39.9 Å². The Morgan fingerprint density at radius 2 is 1.30 bits per heavy atom. The van der Waals surface area contributed by atoms with E-state index < -0.39 is 62.2 Å². The predicted molar refractivity (Wildman–Crippen MR) is 149 cm³/mol. The molecule has 0 spiro atoms. The molecule has 0 aromatic heterocycles. The van der Waals surface area contributed by atoms with Crippen LogP contribution in [0.1, 0.15) is 34.2 Å². The summed E-state index contributed by atoms with van der Waals surface area (Å²) in [7, 11) is 0. The molecule has 0 bridgehead atoms. The van der Waals surface area contributed by atoms with Gasteiger partial charge in [0.1, 0.15) is 28.8 Å². The van der Waals surface area contributed by atoms with Crippen molar-refractivity contribution in [2.24, 2.45) is 0 Å². The Morgan fingerprint density at radius 3 is 1.84 bits per heavy atom. The summed E-state index contributed by atoms with van der Waals surface area (Å²) in [5.74, 6) is -0.491. The van der Waals surface area contributed by atoms with E-state index in [1.165, 1.54) is 12.1 Å². The molecule has 4 aromatic carbocycles. The van der Waals surface area contributed by atoms with Crippen LogP contribution in [0.4, 0.5) is 35.1 Å². The Balaban J connectivity index is 1.55. The minimum Gasteiger partial charge on any atom is -0.429 e. The summed E-state index contributed by atoms with van der Waals surface area (Å²) in [5.41, 5.74) is -1.42. The normalized spacial score (nSPS) is 11.6. The molecule has 0 amide bonds.